The Hall–Kier alpha value is -2.69. The number of nitrogens with two attached hydrogens (primary N) is 1. The molecule has 0 saturated carbocycles. The number of methoxy groups -OCH3 is 1. The van der Waals surface area contributed by atoms with Gasteiger partial charge in [-0.15, -0.1) is 0 Å². The van der Waals surface area contributed by atoms with Crippen molar-refractivity contribution in [3.8, 4) is 17.2 Å². The molecule has 0 radical (unpaired) electrons. The molecule has 0 bridgehead atoms. The number of aryl methyl sites for hydroxylation is 2. The lowest BCUT2D eigenvalue weighted by Crippen LogP contribution is -2.14. The summed E-state index contributed by atoms with van der Waals surface area (Å²) in [6, 6.07) is 11.0. The average Bonchev–Trinajstić information content (AvgIpc) is 2.49. The van der Waals surface area contributed by atoms with Crippen LogP contribution >= 0.6 is 0 Å². The molecule has 0 heterocycles. The van der Waals surface area contributed by atoms with E-state index >= 15 is 0 Å². The molecule has 5 heteroatoms. The van der Waals surface area contributed by atoms with Gasteiger partial charge in [0, 0.05) is 6.07 Å². The van der Waals surface area contributed by atoms with E-state index < -0.39 is 0 Å². The largest absolute Gasteiger partial charge is 0.497 e. The van der Waals surface area contributed by atoms with Crippen molar-refractivity contribution in [3.63, 3.8) is 0 Å². The number of oxime groups is 1. The molecule has 110 valence electrons. The molecule has 0 amide bonds. The number of nitrogens with zero attached hydrogens (tertiary/aromatic N) is 1. The van der Waals surface area contributed by atoms with Gasteiger partial charge in [0.05, 0.1) is 12.7 Å². The van der Waals surface area contributed by atoms with Gasteiger partial charge in [-0.1, -0.05) is 22.9 Å². The van der Waals surface area contributed by atoms with Crippen molar-refractivity contribution in [1.29, 1.82) is 0 Å². The molecule has 0 aliphatic rings. The van der Waals surface area contributed by atoms with Gasteiger partial charge in [-0.25, -0.2) is 0 Å². The molecule has 5 nitrogen and oxygen atoms in total. The first-order chi connectivity index (χ1) is 10.0. The molecule has 0 fully saturated rings. The normalized spacial score (nSPS) is 11.3. The highest BCUT2D eigenvalue weighted by Crippen LogP contribution is 2.31. The molecule has 3 N–H and O–H groups in total. The fourth-order valence-electron chi connectivity index (χ4n) is 2.01. The van der Waals surface area contributed by atoms with Crippen molar-refractivity contribution in [2.45, 2.75) is 13.8 Å². The Balaban J connectivity index is 2.46. The summed E-state index contributed by atoms with van der Waals surface area (Å²) in [5.74, 6) is 1.79. The van der Waals surface area contributed by atoms with Crippen LogP contribution in [0.2, 0.25) is 0 Å². The zero-order valence-electron chi connectivity index (χ0n) is 12.3. The molecule has 2 aromatic rings. The molecule has 0 aliphatic heterocycles. The average molecular weight is 286 g/mol. The molecule has 2 rings (SSSR count). The number of amidine groups is 1. The highest BCUT2D eigenvalue weighted by molar-refractivity contribution is 5.99. The second kappa shape index (κ2) is 6.17. The summed E-state index contributed by atoms with van der Waals surface area (Å²) in [6.07, 6.45) is 0. The van der Waals surface area contributed by atoms with Crippen molar-refractivity contribution in [3.05, 3.63) is 53.1 Å². The minimum Gasteiger partial charge on any atom is -0.497 e. The van der Waals surface area contributed by atoms with Crippen LogP contribution in [0, 0.1) is 13.8 Å². The van der Waals surface area contributed by atoms with Gasteiger partial charge in [-0.2, -0.15) is 0 Å². The van der Waals surface area contributed by atoms with Crippen molar-refractivity contribution in [1.82, 2.24) is 0 Å². The predicted octanol–water partition coefficient (Wildman–Crippen LogP) is 3.20. The molecule has 0 atom stereocenters. The third kappa shape index (κ3) is 3.25. The maximum atomic E-state index is 8.87. The van der Waals surface area contributed by atoms with Crippen LogP contribution in [0.5, 0.6) is 17.2 Å². The van der Waals surface area contributed by atoms with E-state index in [2.05, 4.69) is 5.16 Å². The first-order valence-corrected chi connectivity index (χ1v) is 6.46. The molecule has 2 aromatic carbocycles. The minimum absolute atomic E-state index is 0.0163. The Morgan fingerprint density at radius 1 is 1.10 bits per heavy atom. The van der Waals surface area contributed by atoms with Gasteiger partial charge in [0.1, 0.15) is 17.2 Å². The number of hydrogen-bond donors (Lipinski definition) is 2. The van der Waals surface area contributed by atoms with Gasteiger partial charge in [0.25, 0.3) is 0 Å². The third-order valence-corrected chi connectivity index (χ3v) is 3.12. The summed E-state index contributed by atoms with van der Waals surface area (Å²) in [4.78, 5) is 0. The van der Waals surface area contributed by atoms with Crippen LogP contribution in [-0.4, -0.2) is 18.2 Å². The van der Waals surface area contributed by atoms with Crippen molar-refractivity contribution < 1.29 is 14.7 Å². The monoisotopic (exact) mass is 286 g/mol. The lowest BCUT2D eigenvalue weighted by molar-refractivity contribution is 0.318. The van der Waals surface area contributed by atoms with E-state index in [1.54, 1.807) is 25.3 Å². The highest BCUT2D eigenvalue weighted by Gasteiger charge is 2.12. The molecule has 21 heavy (non-hydrogen) atoms. The van der Waals surface area contributed by atoms with Gasteiger partial charge in [0.2, 0.25) is 0 Å². The van der Waals surface area contributed by atoms with Crippen molar-refractivity contribution >= 4 is 5.84 Å². The molecule has 0 aromatic heterocycles. The van der Waals surface area contributed by atoms with Crippen LogP contribution in [0.1, 0.15) is 16.7 Å². The van der Waals surface area contributed by atoms with Crippen LogP contribution in [-0.2, 0) is 0 Å². The zero-order chi connectivity index (χ0) is 15.4. The van der Waals surface area contributed by atoms with Gasteiger partial charge >= 0.3 is 0 Å². The summed E-state index contributed by atoms with van der Waals surface area (Å²) in [5.41, 5.74) is 8.34. The van der Waals surface area contributed by atoms with Crippen LogP contribution < -0.4 is 15.2 Å². The number of benzene rings is 2. The van der Waals surface area contributed by atoms with E-state index in [0.29, 0.717) is 22.8 Å². The number of rotatable bonds is 4. The topological polar surface area (TPSA) is 77.1 Å². The van der Waals surface area contributed by atoms with Gasteiger partial charge in [-0.05, 0) is 37.6 Å². The summed E-state index contributed by atoms with van der Waals surface area (Å²) in [5, 5.41) is 11.9. The minimum atomic E-state index is -0.0163. The molecule has 0 saturated heterocycles. The van der Waals surface area contributed by atoms with Crippen LogP contribution in [0.25, 0.3) is 0 Å². The maximum absolute atomic E-state index is 8.87. The Labute approximate surface area is 123 Å². The lowest BCUT2D eigenvalue weighted by atomic mass is 10.1. The van der Waals surface area contributed by atoms with E-state index in [-0.39, 0.29) is 5.84 Å². The Kier molecular flexibility index (Phi) is 4.33. The highest BCUT2D eigenvalue weighted by atomic mass is 16.5. The predicted molar refractivity (Wildman–Crippen MR) is 81.5 cm³/mol. The Morgan fingerprint density at radius 3 is 2.48 bits per heavy atom. The number of hydrogen-bond acceptors (Lipinski definition) is 4. The summed E-state index contributed by atoms with van der Waals surface area (Å²) >= 11 is 0. The van der Waals surface area contributed by atoms with Crippen molar-refractivity contribution in [2.24, 2.45) is 10.9 Å². The van der Waals surface area contributed by atoms with E-state index in [4.69, 9.17) is 20.4 Å². The number of ether oxygens (including phenoxy) is 2. The van der Waals surface area contributed by atoms with Gasteiger partial charge < -0.3 is 20.4 Å². The Bertz CT molecular complexity index is 681. The van der Waals surface area contributed by atoms with Crippen LogP contribution in [0.15, 0.2) is 41.6 Å². The van der Waals surface area contributed by atoms with E-state index in [1.807, 2.05) is 32.0 Å². The van der Waals surface area contributed by atoms with Crippen LogP contribution in [0.3, 0.4) is 0 Å². The lowest BCUT2D eigenvalue weighted by Gasteiger charge is -2.14. The third-order valence-electron chi connectivity index (χ3n) is 3.12. The first kappa shape index (κ1) is 14.7. The SMILES string of the molecule is COc1ccc(/C(N)=N/O)c(Oc2ccc(C)cc2C)c1. The molecular formula is C16H18N2O3. The van der Waals surface area contributed by atoms with Gasteiger partial charge in [-0.3, -0.25) is 0 Å². The molecule has 0 spiro atoms. The maximum Gasteiger partial charge on any atom is 0.173 e. The fraction of sp³-hybridized carbons (Fsp3) is 0.188. The van der Waals surface area contributed by atoms with Crippen LogP contribution in [0.4, 0.5) is 0 Å². The second-order valence-corrected chi connectivity index (χ2v) is 4.72. The quantitative estimate of drug-likeness (QED) is 0.391. The van der Waals surface area contributed by atoms with E-state index in [9.17, 15) is 0 Å². The van der Waals surface area contributed by atoms with E-state index in [1.165, 1.54) is 0 Å². The summed E-state index contributed by atoms with van der Waals surface area (Å²) < 4.78 is 11.1. The standard InChI is InChI=1S/C16H18N2O3/c1-10-4-7-14(11(2)8-10)21-15-9-12(20-3)5-6-13(15)16(17)18-19/h4-9,19H,1-3H3,(H2,17,18). The van der Waals surface area contributed by atoms with Crippen molar-refractivity contribution in [2.75, 3.05) is 7.11 Å². The molecule has 0 aliphatic carbocycles. The molecule has 0 unspecified atom stereocenters. The smallest absolute Gasteiger partial charge is 0.173 e. The summed E-state index contributed by atoms with van der Waals surface area (Å²) in [6.45, 7) is 3.98. The Morgan fingerprint density at radius 2 is 1.86 bits per heavy atom. The van der Waals surface area contributed by atoms with Gasteiger partial charge in [0.15, 0.2) is 5.84 Å². The second-order valence-electron chi connectivity index (χ2n) is 4.72. The molecular weight excluding hydrogens is 268 g/mol. The summed E-state index contributed by atoms with van der Waals surface area (Å²) in [7, 11) is 1.57. The zero-order valence-corrected chi connectivity index (χ0v) is 12.3. The first-order valence-electron chi connectivity index (χ1n) is 6.46. The van der Waals surface area contributed by atoms with E-state index in [0.717, 1.165) is 11.1 Å². The fourth-order valence-corrected chi connectivity index (χ4v) is 2.01.